The zero-order chi connectivity index (χ0) is 14.2. The first-order valence-corrected chi connectivity index (χ1v) is 5.61. The Bertz CT molecular complexity index is 602. The first-order chi connectivity index (χ1) is 8.77. The zero-order valence-electron chi connectivity index (χ0n) is 10.5. The first kappa shape index (κ1) is 13.4. The van der Waals surface area contributed by atoms with E-state index in [0.29, 0.717) is 5.69 Å². The van der Waals surface area contributed by atoms with Gasteiger partial charge in [0.15, 0.2) is 0 Å². The molecule has 0 aliphatic rings. The Labute approximate surface area is 108 Å². The minimum Gasteiger partial charge on any atom is -0.399 e. The van der Waals surface area contributed by atoms with Crippen molar-refractivity contribution in [2.75, 3.05) is 5.73 Å². The van der Waals surface area contributed by atoms with Gasteiger partial charge in [-0.15, -0.1) is 5.10 Å². The third-order valence-corrected chi connectivity index (χ3v) is 2.78. The van der Waals surface area contributed by atoms with Crippen molar-refractivity contribution in [2.45, 2.75) is 26.6 Å². The largest absolute Gasteiger partial charge is 0.453 e. The van der Waals surface area contributed by atoms with E-state index in [1.54, 1.807) is 12.1 Å². The van der Waals surface area contributed by atoms with Gasteiger partial charge in [0.25, 0.3) is 5.82 Å². The lowest BCUT2D eigenvalue weighted by Crippen LogP contribution is -2.09. The van der Waals surface area contributed by atoms with Gasteiger partial charge >= 0.3 is 6.18 Å². The Balaban J connectivity index is 2.28. The van der Waals surface area contributed by atoms with Gasteiger partial charge in [-0.2, -0.15) is 13.2 Å². The van der Waals surface area contributed by atoms with Crippen molar-refractivity contribution in [2.24, 2.45) is 0 Å². The summed E-state index contributed by atoms with van der Waals surface area (Å²) in [5.41, 5.74) is 8.05. The topological polar surface area (TPSA) is 56.7 Å². The van der Waals surface area contributed by atoms with E-state index in [1.807, 2.05) is 13.0 Å². The van der Waals surface area contributed by atoms with E-state index in [0.717, 1.165) is 11.1 Å². The van der Waals surface area contributed by atoms with Gasteiger partial charge in [-0.3, -0.25) is 0 Å². The number of nitrogen functional groups attached to an aromatic ring is 1. The average Bonchev–Trinajstić information content (AvgIpc) is 2.65. The first-order valence-electron chi connectivity index (χ1n) is 5.61. The van der Waals surface area contributed by atoms with Crippen molar-refractivity contribution in [1.82, 2.24) is 14.8 Å². The van der Waals surface area contributed by atoms with Crippen LogP contribution in [0.15, 0.2) is 18.2 Å². The van der Waals surface area contributed by atoms with E-state index in [2.05, 4.69) is 10.1 Å². The number of alkyl halides is 3. The monoisotopic (exact) mass is 270 g/mol. The van der Waals surface area contributed by atoms with E-state index in [4.69, 9.17) is 5.73 Å². The van der Waals surface area contributed by atoms with Gasteiger partial charge in [-0.05, 0) is 31.0 Å². The Morgan fingerprint density at radius 3 is 2.47 bits per heavy atom. The maximum Gasteiger partial charge on any atom is 0.453 e. The summed E-state index contributed by atoms with van der Waals surface area (Å²) in [6, 6.07) is 5.31. The van der Waals surface area contributed by atoms with Crippen LogP contribution in [0, 0.1) is 13.8 Å². The highest BCUT2D eigenvalue weighted by Crippen LogP contribution is 2.26. The van der Waals surface area contributed by atoms with Gasteiger partial charge < -0.3 is 5.73 Å². The minimum atomic E-state index is -4.52. The molecule has 1 aromatic heterocycles. The summed E-state index contributed by atoms with van der Waals surface area (Å²) in [6.07, 6.45) is -4.52. The Morgan fingerprint density at radius 1 is 1.26 bits per heavy atom. The van der Waals surface area contributed by atoms with Crippen molar-refractivity contribution in [3.05, 3.63) is 41.0 Å². The Kier molecular flexibility index (Phi) is 3.21. The second-order valence-electron chi connectivity index (χ2n) is 4.33. The van der Waals surface area contributed by atoms with Gasteiger partial charge in [0.05, 0.1) is 6.54 Å². The SMILES string of the molecule is Cc1cc(Cn2nc(C(F)(F)F)nc2C)ccc1N. The average molecular weight is 270 g/mol. The molecule has 0 saturated heterocycles. The lowest BCUT2D eigenvalue weighted by Gasteiger charge is -2.06. The van der Waals surface area contributed by atoms with E-state index >= 15 is 0 Å². The molecule has 7 heteroatoms. The molecule has 1 heterocycles. The van der Waals surface area contributed by atoms with Crippen molar-refractivity contribution in [3.8, 4) is 0 Å². The fraction of sp³-hybridized carbons (Fsp3) is 0.333. The molecule has 0 atom stereocenters. The van der Waals surface area contributed by atoms with E-state index < -0.39 is 12.0 Å². The molecule has 0 spiro atoms. The van der Waals surface area contributed by atoms with Crippen LogP contribution in [-0.2, 0) is 12.7 Å². The highest BCUT2D eigenvalue weighted by molar-refractivity contribution is 5.47. The highest BCUT2D eigenvalue weighted by atomic mass is 19.4. The summed E-state index contributed by atoms with van der Waals surface area (Å²) in [6.45, 7) is 3.57. The van der Waals surface area contributed by atoms with Crippen LogP contribution in [0.4, 0.5) is 18.9 Å². The molecular weight excluding hydrogens is 257 g/mol. The van der Waals surface area contributed by atoms with Crippen LogP contribution in [0.1, 0.15) is 22.8 Å². The number of nitrogens with two attached hydrogens (primary N) is 1. The van der Waals surface area contributed by atoms with Gasteiger partial charge in [-0.25, -0.2) is 9.67 Å². The van der Waals surface area contributed by atoms with Gasteiger partial charge in [0, 0.05) is 5.69 Å². The predicted octanol–water partition coefficient (Wildman–Crippen LogP) is 2.54. The number of aryl methyl sites for hydroxylation is 2. The zero-order valence-corrected chi connectivity index (χ0v) is 10.5. The van der Waals surface area contributed by atoms with Gasteiger partial charge in [0.2, 0.25) is 0 Å². The molecule has 0 aliphatic heterocycles. The van der Waals surface area contributed by atoms with Gasteiger partial charge in [-0.1, -0.05) is 12.1 Å². The molecule has 102 valence electrons. The molecule has 1 aromatic carbocycles. The molecule has 2 rings (SSSR count). The molecule has 0 aliphatic carbocycles. The lowest BCUT2D eigenvalue weighted by molar-refractivity contribution is -0.145. The Morgan fingerprint density at radius 2 is 1.95 bits per heavy atom. The summed E-state index contributed by atoms with van der Waals surface area (Å²) < 4.78 is 38.7. The number of rotatable bonds is 2. The molecule has 2 N–H and O–H groups in total. The molecular formula is C12H13F3N4. The number of hydrogen-bond donors (Lipinski definition) is 1. The maximum atomic E-state index is 12.5. The van der Waals surface area contributed by atoms with Crippen molar-refractivity contribution >= 4 is 5.69 Å². The predicted molar refractivity (Wildman–Crippen MR) is 64.5 cm³/mol. The molecule has 0 amide bonds. The number of nitrogens with zero attached hydrogens (tertiary/aromatic N) is 3. The van der Waals surface area contributed by atoms with Crippen LogP contribution < -0.4 is 5.73 Å². The van der Waals surface area contributed by atoms with Crippen molar-refractivity contribution in [3.63, 3.8) is 0 Å². The molecule has 4 nitrogen and oxygen atoms in total. The number of halogens is 3. The fourth-order valence-electron chi connectivity index (χ4n) is 1.70. The summed E-state index contributed by atoms with van der Waals surface area (Å²) in [5, 5.41) is 3.48. The highest BCUT2D eigenvalue weighted by Gasteiger charge is 2.36. The Hall–Kier alpha value is -2.05. The molecule has 2 aromatic rings. The van der Waals surface area contributed by atoms with E-state index in [9.17, 15) is 13.2 Å². The van der Waals surface area contributed by atoms with Crippen LogP contribution in [0.3, 0.4) is 0 Å². The molecule has 0 fully saturated rings. The standard InChI is InChI=1S/C12H13F3N4/c1-7-5-9(3-4-10(7)16)6-19-8(2)17-11(18-19)12(13,14)15/h3-5H,6,16H2,1-2H3. The minimum absolute atomic E-state index is 0.224. The fourth-order valence-corrected chi connectivity index (χ4v) is 1.70. The van der Waals surface area contributed by atoms with Crippen LogP contribution in [0.5, 0.6) is 0 Å². The van der Waals surface area contributed by atoms with Crippen LogP contribution in [0.25, 0.3) is 0 Å². The smallest absolute Gasteiger partial charge is 0.399 e. The second kappa shape index (κ2) is 4.56. The third kappa shape index (κ3) is 2.86. The number of hydrogen-bond acceptors (Lipinski definition) is 3. The van der Waals surface area contributed by atoms with Crippen molar-refractivity contribution in [1.29, 1.82) is 0 Å². The molecule has 0 unspecified atom stereocenters. The van der Waals surface area contributed by atoms with E-state index in [1.165, 1.54) is 11.6 Å². The van der Waals surface area contributed by atoms with E-state index in [-0.39, 0.29) is 12.4 Å². The molecule has 0 saturated carbocycles. The summed E-state index contributed by atoms with van der Waals surface area (Å²) in [5.74, 6) is -0.890. The molecule has 0 radical (unpaired) electrons. The molecule has 19 heavy (non-hydrogen) atoms. The number of benzene rings is 1. The third-order valence-electron chi connectivity index (χ3n) is 2.78. The summed E-state index contributed by atoms with van der Waals surface area (Å²) in [7, 11) is 0. The summed E-state index contributed by atoms with van der Waals surface area (Å²) >= 11 is 0. The summed E-state index contributed by atoms with van der Waals surface area (Å²) in [4.78, 5) is 3.42. The van der Waals surface area contributed by atoms with Crippen molar-refractivity contribution < 1.29 is 13.2 Å². The normalized spacial score (nSPS) is 11.8. The second-order valence-corrected chi connectivity index (χ2v) is 4.33. The molecule has 0 bridgehead atoms. The van der Waals surface area contributed by atoms with Crippen LogP contribution in [0.2, 0.25) is 0 Å². The van der Waals surface area contributed by atoms with Crippen LogP contribution >= 0.6 is 0 Å². The quantitative estimate of drug-likeness (QED) is 0.853. The lowest BCUT2D eigenvalue weighted by atomic mass is 10.1. The maximum absolute atomic E-state index is 12.5. The van der Waals surface area contributed by atoms with Gasteiger partial charge in [0.1, 0.15) is 5.82 Å². The number of aromatic nitrogens is 3. The van der Waals surface area contributed by atoms with Crippen LogP contribution in [-0.4, -0.2) is 14.8 Å². The number of anilines is 1.